The molecule has 0 aromatic heterocycles. The number of anilines is 1. The Hall–Kier alpha value is -2.69. The fourth-order valence-corrected chi connectivity index (χ4v) is 1.88. The Labute approximate surface area is 121 Å². The molecule has 4 nitrogen and oxygen atoms in total. The third kappa shape index (κ3) is 3.45. The van der Waals surface area contributed by atoms with E-state index in [0.29, 0.717) is 16.8 Å². The molecule has 1 N–H and O–H groups in total. The van der Waals surface area contributed by atoms with Gasteiger partial charge in [0, 0.05) is 11.3 Å². The van der Waals surface area contributed by atoms with Gasteiger partial charge in [-0.05, 0) is 42.8 Å². The number of nitrogens with one attached hydrogen (secondary N) is 1. The molecule has 0 atom stereocenters. The molecule has 0 saturated carbocycles. The van der Waals surface area contributed by atoms with Crippen molar-refractivity contribution in [3.05, 3.63) is 65.0 Å². The van der Waals surface area contributed by atoms with Gasteiger partial charge in [-0.2, -0.15) is 0 Å². The number of carbonyl (C=O) groups is 2. The van der Waals surface area contributed by atoms with E-state index in [-0.39, 0.29) is 5.56 Å². The van der Waals surface area contributed by atoms with Gasteiger partial charge < -0.3 is 10.1 Å². The zero-order valence-electron chi connectivity index (χ0n) is 11.6. The third-order valence-corrected chi connectivity index (χ3v) is 2.99. The maximum Gasteiger partial charge on any atom is 0.337 e. The van der Waals surface area contributed by atoms with E-state index in [1.54, 1.807) is 25.1 Å². The number of halogens is 1. The van der Waals surface area contributed by atoms with Crippen LogP contribution in [-0.2, 0) is 4.74 Å². The Morgan fingerprint density at radius 2 is 1.90 bits per heavy atom. The Morgan fingerprint density at radius 3 is 2.62 bits per heavy atom. The molecule has 0 radical (unpaired) electrons. The molecule has 0 saturated heterocycles. The van der Waals surface area contributed by atoms with E-state index in [0.717, 1.165) is 0 Å². The van der Waals surface area contributed by atoms with Crippen LogP contribution in [0.3, 0.4) is 0 Å². The van der Waals surface area contributed by atoms with Gasteiger partial charge >= 0.3 is 5.97 Å². The smallest absolute Gasteiger partial charge is 0.337 e. The number of rotatable bonds is 3. The predicted octanol–water partition coefficient (Wildman–Crippen LogP) is 3.17. The molecule has 0 aliphatic heterocycles. The van der Waals surface area contributed by atoms with Crippen molar-refractivity contribution in [2.45, 2.75) is 6.92 Å². The molecule has 5 heteroatoms. The molecule has 0 bridgehead atoms. The van der Waals surface area contributed by atoms with E-state index in [1.165, 1.54) is 31.4 Å². The lowest BCUT2D eigenvalue weighted by atomic mass is 10.1. The van der Waals surface area contributed by atoms with E-state index < -0.39 is 17.7 Å². The van der Waals surface area contributed by atoms with Crippen molar-refractivity contribution < 1.29 is 18.7 Å². The summed E-state index contributed by atoms with van der Waals surface area (Å²) in [4.78, 5) is 23.6. The predicted molar refractivity (Wildman–Crippen MR) is 76.9 cm³/mol. The van der Waals surface area contributed by atoms with Gasteiger partial charge in [-0.1, -0.05) is 12.1 Å². The highest BCUT2D eigenvalue weighted by atomic mass is 19.1. The first-order valence-corrected chi connectivity index (χ1v) is 6.27. The zero-order chi connectivity index (χ0) is 15.4. The second kappa shape index (κ2) is 6.17. The first-order chi connectivity index (χ1) is 10.0. The lowest BCUT2D eigenvalue weighted by Gasteiger charge is -2.09. The summed E-state index contributed by atoms with van der Waals surface area (Å²) in [5.74, 6) is -1.41. The van der Waals surface area contributed by atoms with Crippen LogP contribution >= 0.6 is 0 Å². The summed E-state index contributed by atoms with van der Waals surface area (Å²) in [5, 5.41) is 2.63. The highest BCUT2D eigenvalue weighted by Gasteiger charge is 2.12. The lowest BCUT2D eigenvalue weighted by molar-refractivity contribution is 0.0600. The second-order valence-corrected chi connectivity index (χ2v) is 4.49. The van der Waals surface area contributed by atoms with Crippen molar-refractivity contribution in [1.29, 1.82) is 0 Å². The number of methoxy groups -OCH3 is 1. The van der Waals surface area contributed by atoms with E-state index in [1.807, 2.05) is 0 Å². The first kappa shape index (κ1) is 14.7. The maximum atomic E-state index is 13.2. The molecular weight excluding hydrogens is 273 g/mol. The standard InChI is InChI=1S/C16H14FNO3/c1-10-6-7-12(17)9-14(10)15(19)18-13-5-3-4-11(8-13)16(20)21-2/h3-9H,1-2H3,(H,18,19). The number of ether oxygens (including phenoxy) is 1. The topological polar surface area (TPSA) is 55.4 Å². The van der Waals surface area contributed by atoms with E-state index >= 15 is 0 Å². The minimum Gasteiger partial charge on any atom is -0.465 e. The minimum absolute atomic E-state index is 0.249. The summed E-state index contributed by atoms with van der Waals surface area (Å²) >= 11 is 0. The summed E-state index contributed by atoms with van der Waals surface area (Å²) < 4.78 is 17.8. The molecular formula is C16H14FNO3. The third-order valence-electron chi connectivity index (χ3n) is 2.99. The second-order valence-electron chi connectivity index (χ2n) is 4.49. The fraction of sp³-hybridized carbons (Fsp3) is 0.125. The van der Waals surface area contributed by atoms with E-state index in [9.17, 15) is 14.0 Å². The molecule has 2 aromatic carbocycles. The highest BCUT2D eigenvalue weighted by molar-refractivity contribution is 6.05. The summed E-state index contributed by atoms with van der Waals surface area (Å²) in [7, 11) is 1.28. The van der Waals surface area contributed by atoms with Crippen LogP contribution in [0, 0.1) is 12.7 Å². The molecule has 0 heterocycles. The maximum absolute atomic E-state index is 13.2. The number of benzene rings is 2. The molecule has 0 unspecified atom stereocenters. The SMILES string of the molecule is COC(=O)c1cccc(NC(=O)c2cc(F)ccc2C)c1. The van der Waals surface area contributed by atoms with Gasteiger partial charge in [0.05, 0.1) is 12.7 Å². The number of carbonyl (C=O) groups excluding carboxylic acids is 2. The number of aryl methyl sites for hydroxylation is 1. The number of amides is 1. The summed E-state index contributed by atoms with van der Waals surface area (Å²) in [6, 6.07) is 10.3. The molecule has 0 aliphatic rings. The average Bonchev–Trinajstić information content (AvgIpc) is 2.49. The van der Waals surface area contributed by atoms with Gasteiger partial charge in [0.1, 0.15) is 5.82 Å². The molecule has 21 heavy (non-hydrogen) atoms. The van der Waals surface area contributed by atoms with Crippen LogP contribution in [0.4, 0.5) is 10.1 Å². The molecule has 0 fully saturated rings. The molecule has 108 valence electrons. The van der Waals surface area contributed by atoms with Crippen molar-refractivity contribution in [2.24, 2.45) is 0 Å². The molecule has 2 rings (SSSR count). The van der Waals surface area contributed by atoms with Crippen LogP contribution in [0.5, 0.6) is 0 Å². The summed E-state index contributed by atoms with van der Waals surface area (Å²) in [6.07, 6.45) is 0. The van der Waals surface area contributed by atoms with Gasteiger partial charge in [-0.25, -0.2) is 9.18 Å². The number of esters is 1. The van der Waals surface area contributed by atoms with Crippen LogP contribution in [0.25, 0.3) is 0 Å². The Morgan fingerprint density at radius 1 is 1.14 bits per heavy atom. The van der Waals surface area contributed by atoms with Crippen LogP contribution in [0.1, 0.15) is 26.3 Å². The largest absolute Gasteiger partial charge is 0.465 e. The lowest BCUT2D eigenvalue weighted by Crippen LogP contribution is -2.14. The fourth-order valence-electron chi connectivity index (χ4n) is 1.88. The first-order valence-electron chi connectivity index (χ1n) is 6.27. The molecule has 2 aromatic rings. The Bertz CT molecular complexity index is 698. The summed E-state index contributed by atoms with van der Waals surface area (Å²) in [6.45, 7) is 1.72. The number of hydrogen-bond acceptors (Lipinski definition) is 3. The van der Waals surface area contributed by atoms with Gasteiger partial charge in [0.2, 0.25) is 0 Å². The molecule has 1 amide bonds. The van der Waals surface area contributed by atoms with Crippen molar-refractivity contribution in [2.75, 3.05) is 12.4 Å². The van der Waals surface area contributed by atoms with Crippen molar-refractivity contribution in [3.8, 4) is 0 Å². The normalized spacial score (nSPS) is 10.0. The van der Waals surface area contributed by atoms with Crippen molar-refractivity contribution in [3.63, 3.8) is 0 Å². The van der Waals surface area contributed by atoms with E-state index in [2.05, 4.69) is 10.1 Å². The highest BCUT2D eigenvalue weighted by Crippen LogP contribution is 2.15. The van der Waals surface area contributed by atoms with Crippen LogP contribution in [0.2, 0.25) is 0 Å². The quantitative estimate of drug-likeness (QED) is 0.882. The van der Waals surface area contributed by atoms with Gasteiger partial charge in [0.15, 0.2) is 0 Å². The number of hydrogen-bond donors (Lipinski definition) is 1. The molecule has 0 spiro atoms. The Balaban J connectivity index is 2.23. The minimum atomic E-state index is -0.493. The van der Waals surface area contributed by atoms with Crippen molar-refractivity contribution >= 4 is 17.6 Å². The van der Waals surface area contributed by atoms with E-state index in [4.69, 9.17) is 0 Å². The van der Waals surface area contributed by atoms with Gasteiger partial charge in [-0.15, -0.1) is 0 Å². The Kier molecular flexibility index (Phi) is 4.33. The van der Waals surface area contributed by atoms with Gasteiger partial charge in [0.25, 0.3) is 5.91 Å². The van der Waals surface area contributed by atoms with Gasteiger partial charge in [-0.3, -0.25) is 4.79 Å². The van der Waals surface area contributed by atoms with Crippen molar-refractivity contribution in [1.82, 2.24) is 0 Å². The summed E-state index contributed by atoms with van der Waals surface area (Å²) in [5.41, 5.74) is 1.68. The average molecular weight is 287 g/mol. The molecule has 0 aliphatic carbocycles. The van der Waals surface area contributed by atoms with Crippen LogP contribution in [0.15, 0.2) is 42.5 Å². The van der Waals surface area contributed by atoms with Crippen LogP contribution in [-0.4, -0.2) is 19.0 Å². The monoisotopic (exact) mass is 287 g/mol. The van der Waals surface area contributed by atoms with Crippen LogP contribution < -0.4 is 5.32 Å². The zero-order valence-corrected chi connectivity index (χ0v) is 11.6.